The Morgan fingerprint density at radius 1 is 1.39 bits per heavy atom. The van der Waals surface area contributed by atoms with E-state index in [2.05, 4.69) is 31.3 Å². The molecule has 192 valence electrons. The van der Waals surface area contributed by atoms with Crippen molar-refractivity contribution >= 4 is 33.7 Å². The Labute approximate surface area is 215 Å². The van der Waals surface area contributed by atoms with Crippen LogP contribution in [-0.4, -0.2) is 81.5 Å². The predicted molar refractivity (Wildman–Crippen MR) is 130 cm³/mol. The van der Waals surface area contributed by atoms with E-state index >= 15 is 0 Å². The molecule has 2 aliphatic rings. The minimum Gasteiger partial charge on any atom is -0.481 e. The van der Waals surface area contributed by atoms with Crippen LogP contribution in [0.5, 0.6) is 0 Å². The second kappa shape index (κ2) is 11.3. The molecule has 0 spiro atoms. The molecule has 1 fully saturated rings. The minimum absolute atomic E-state index is 0.122. The molecule has 13 heteroatoms. The molecule has 1 saturated heterocycles. The summed E-state index contributed by atoms with van der Waals surface area (Å²) in [5.41, 5.74) is 1.35. The van der Waals surface area contributed by atoms with E-state index in [-0.39, 0.29) is 25.1 Å². The number of carbonyl (C=O) groups is 2. The van der Waals surface area contributed by atoms with Gasteiger partial charge in [0.25, 0.3) is 0 Å². The molecule has 0 radical (unpaired) electrons. The summed E-state index contributed by atoms with van der Waals surface area (Å²) in [5, 5.41) is 16.7. The second-order valence-electron chi connectivity index (χ2n) is 8.35. The number of rotatable bonds is 8. The first-order valence-electron chi connectivity index (χ1n) is 11.4. The maximum atomic E-state index is 13.9. The van der Waals surface area contributed by atoms with Crippen LogP contribution in [-0.2, 0) is 26.1 Å². The summed E-state index contributed by atoms with van der Waals surface area (Å²) < 4.78 is 26.8. The van der Waals surface area contributed by atoms with E-state index in [0.717, 1.165) is 0 Å². The zero-order valence-corrected chi connectivity index (χ0v) is 21.4. The number of halogens is 2. The van der Waals surface area contributed by atoms with E-state index in [1.807, 2.05) is 4.90 Å². The quantitative estimate of drug-likeness (QED) is 0.460. The minimum atomic E-state index is -0.944. The maximum absolute atomic E-state index is 13.9. The van der Waals surface area contributed by atoms with Gasteiger partial charge in [0.05, 0.1) is 31.3 Å². The molecule has 1 aromatic heterocycles. The van der Waals surface area contributed by atoms with Crippen molar-refractivity contribution in [2.75, 3.05) is 32.8 Å². The van der Waals surface area contributed by atoms with Crippen LogP contribution in [0.25, 0.3) is 0 Å². The highest BCUT2D eigenvalue weighted by Crippen LogP contribution is 2.36. The molecule has 2 N–H and O–H groups in total. The zero-order valence-electron chi connectivity index (χ0n) is 19.8. The van der Waals surface area contributed by atoms with Crippen LogP contribution >= 0.6 is 15.9 Å². The second-order valence-corrected chi connectivity index (χ2v) is 9.21. The van der Waals surface area contributed by atoms with Crippen molar-refractivity contribution in [1.29, 1.82) is 0 Å². The van der Waals surface area contributed by atoms with Crippen molar-refractivity contribution in [3.05, 3.63) is 57.5 Å². The summed E-state index contributed by atoms with van der Waals surface area (Å²) in [6, 6.07) is 3.35. The summed E-state index contributed by atoms with van der Waals surface area (Å²) >= 11 is 3.41. The molecule has 2 atom stereocenters. The normalized spacial score (nSPS) is 20.6. The molecule has 3 heterocycles. The van der Waals surface area contributed by atoms with Crippen LogP contribution in [0.1, 0.15) is 30.8 Å². The Morgan fingerprint density at radius 3 is 2.86 bits per heavy atom. The SMILES string of the molecule is CCOC(=O)C1=C(CN2CCOC(CC(=O)O)C2)NC(c2ncn(C)n2)=NC1c1ccc(F)cc1Br. The van der Waals surface area contributed by atoms with Crippen LogP contribution in [0, 0.1) is 5.82 Å². The Kier molecular flexibility index (Phi) is 8.11. The number of hydrogen-bond donors (Lipinski definition) is 2. The van der Waals surface area contributed by atoms with Crippen molar-refractivity contribution in [3.63, 3.8) is 0 Å². The average molecular weight is 565 g/mol. The lowest BCUT2D eigenvalue weighted by molar-refractivity contribution is -0.142. The van der Waals surface area contributed by atoms with Gasteiger partial charge in [-0.3, -0.25) is 19.4 Å². The van der Waals surface area contributed by atoms with Crippen LogP contribution < -0.4 is 5.32 Å². The van der Waals surface area contributed by atoms with E-state index in [4.69, 9.17) is 14.5 Å². The van der Waals surface area contributed by atoms with Gasteiger partial charge >= 0.3 is 11.9 Å². The topological polar surface area (TPSA) is 131 Å². The third kappa shape index (κ3) is 5.97. The van der Waals surface area contributed by atoms with Gasteiger partial charge in [-0.1, -0.05) is 22.0 Å². The van der Waals surface area contributed by atoms with E-state index in [1.165, 1.54) is 23.1 Å². The first-order valence-corrected chi connectivity index (χ1v) is 12.2. The number of aliphatic carboxylic acids is 1. The van der Waals surface area contributed by atoms with Crippen molar-refractivity contribution in [3.8, 4) is 0 Å². The fourth-order valence-electron chi connectivity index (χ4n) is 4.15. The highest BCUT2D eigenvalue weighted by molar-refractivity contribution is 9.10. The highest BCUT2D eigenvalue weighted by atomic mass is 79.9. The number of nitrogens with one attached hydrogen (secondary N) is 1. The van der Waals surface area contributed by atoms with Crippen LogP contribution in [0.2, 0.25) is 0 Å². The van der Waals surface area contributed by atoms with Gasteiger partial charge in [-0.05, 0) is 24.6 Å². The van der Waals surface area contributed by atoms with E-state index in [1.54, 1.807) is 20.0 Å². The van der Waals surface area contributed by atoms with Crippen molar-refractivity contribution in [2.45, 2.75) is 25.5 Å². The number of carboxylic acids is 1. The molecular formula is C23H26BrFN6O5. The maximum Gasteiger partial charge on any atom is 0.338 e. The van der Waals surface area contributed by atoms with Gasteiger partial charge in [-0.25, -0.2) is 14.2 Å². The molecule has 4 rings (SSSR count). The third-order valence-corrected chi connectivity index (χ3v) is 6.38. The Bertz CT molecular complexity index is 1220. The number of carbonyl (C=O) groups excluding carboxylic acids is 1. The molecule has 11 nitrogen and oxygen atoms in total. The molecule has 0 saturated carbocycles. The monoisotopic (exact) mass is 564 g/mol. The molecule has 0 amide bonds. The lowest BCUT2D eigenvalue weighted by Gasteiger charge is -2.35. The van der Waals surface area contributed by atoms with Gasteiger partial charge in [0.1, 0.15) is 18.2 Å². The predicted octanol–water partition coefficient (Wildman–Crippen LogP) is 1.80. The number of carboxylic acid groups (broad SMARTS) is 1. The number of benzene rings is 1. The number of esters is 1. The third-order valence-electron chi connectivity index (χ3n) is 5.70. The van der Waals surface area contributed by atoms with Gasteiger partial charge in [0.15, 0.2) is 5.84 Å². The number of aromatic nitrogens is 3. The van der Waals surface area contributed by atoms with Crippen molar-refractivity contribution in [1.82, 2.24) is 25.0 Å². The number of hydrogen-bond acceptors (Lipinski definition) is 9. The molecule has 2 aromatic rings. The Balaban J connectivity index is 1.77. The number of aryl methyl sites for hydroxylation is 1. The molecule has 36 heavy (non-hydrogen) atoms. The number of amidine groups is 1. The number of ether oxygens (including phenoxy) is 2. The summed E-state index contributed by atoms with van der Waals surface area (Å²) in [6.45, 7) is 3.40. The van der Waals surface area contributed by atoms with E-state index in [9.17, 15) is 19.1 Å². The van der Waals surface area contributed by atoms with Crippen LogP contribution in [0.15, 0.2) is 45.3 Å². The average Bonchev–Trinajstić information content (AvgIpc) is 3.25. The Morgan fingerprint density at radius 2 is 2.19 bits per heavy atom. The fraction of sp³-hybridized carbons (Fsp3) is 0.435. The van der Waals surface area contributed by atoms with Gasteiger partial charge in [0.2, 0.25) is 5.82 Å². The molecule has 0 bridgehead atoms. The number of morpholine rings is 1. The molecule has 2 unspecified atom stereocenters. The summed E-state index contributed by atoms with van der Waals surface area (Å²) in [5.74, 6) is -1.27. The standard InChI is InChI=1S/C23H26BrFN6O5/c1-3-35-23(34)19-17(11-31-6-7-36-14(10-31)9-18(32)33)27-22(21-26-12-30(2)29-21)28-20(19)15-5-4-13(25)8-16(15)24/h4-5,8,12,14,20H,3,6-7,9-11H2,1-2H3,(H,27,28)(H,32,33). The fourth-order valence-corrected chi connectivity index (χ4v) is 4.71. The van der Waals surface area contributed by atoms with Gasteiger partial charge < -0.3 is 19.9 Å². The Hall–Kier alpha value is -3.16. The van der Waals surface area contributed by atoms with E-state index < -0.39 is 29.9 Å². The summed E-state index contributed by atoms with van der Waals surface area (Å²) in [4.78, 5) is 35.5. The van der Waals surface area contributed by atoms with Crippen LogP contribution in [0.4, 0.5) is 4.39 Å². The van der Waals surface area contributed by atoms with Gasteiger partial charge in [0, 0.05) is 36.9 Å². The lowest BCUT2D eigenvalue weighted by atomic mass is 9.95. The highest BCUT2D eigenvalue weighted by Gasteiger charge is 2.35. The molecular weight excluding hydrogens is 539 g/mol. The summed E-state index contributed by atoms with van der Waals surface area (Å²) in [7, 11) is 1.73. The molecule has 2 aliphatic heterocycles. The first-order chi connectivity index (χ1) is 17.2. The lowest BCUT2D eigenvalue weighted by Crippen LogP contribution is -2.47. The zero-order chi connectivity index (χ0) is 25.8. The van der Waals surface area contributed by atoms with Crippen molar-refractivity contribution < 1.29 is 28.6 Å². The van der Waals surface area contributed by atoms with Crippen molar-refractivity contribution in [2.24, 2.45) is 12.0 Å². The first kappa shape index (κ1) is 25.9. The van der Waals surface area contributed by atoms with Gasteiger partial charge in [-0.15, -0.1) is 5.10 Å². The number of aliphatic imine (C=N–C) groups is 1. The number of nitrogens with zero attached hydrogens (tertiary/aromatic N) is 5. The largest absolute Gasteiger partial charge is 0.481 e. The molecule has 1 aromatic carbocycles. The van der Waals surface area contributed by atoms with Crippen LogP contribution in [0.3, 0.4) is 0 Å². The smallest absolute Gasteiger partial charge is 0.338 e. The molecule has 0 aliphatic carbocycles. The van der Waals surface area contributed by atoms with E-state index in [0.29, 0.717) is 47.1 Å². The van der Waals surface area contributed by atoms with Gasteiger partial charge in [-0.2, -0.15) is 0 Å². The summed E-state index contributed by atoms with van der Waals surface area (Å²) in [6.07, 6.45) is 0.938.